The fourth-order valence-corrected chi connectivity index (χ4v) is 5.32. The molecule has 3 nitrogen and oxygen atoms in total. The van der Waals surface area contributed by atoms with Crippen LogP contribution in [0, 0.1) is 0 Å². The minimum atomic E-state index is 0.354. The van der Waals surface area contributed by atoms with Gasteiger partial charge in [-0.1, -0.05) is 60.7 Å². The molecule has 2 aliphatic heterocycles. The summed E-state index contributed by atoms with van der Waals surface area (Å²) < 4.78 is 0. The first-order chi connectivity index (χ1) is 14.9. The third-order valence-electron chi connectivity index (χ3n) is 6.95. The highest BCUT2D eigenvalue weighted by atomic mass is 15.2. The molecular formula is C27H31N3. The van der Waals surface area contributed by atoms with Crippen LogP contribution in [0.25, 0.3) is 0 Å². The molecule has 0 N–H and O–H groups in total. The van der Waals surface area contributed by atoms with E-state index >= 15 is 0 Å². The predicted octanol–water partition coefficient (Wildman–Crippen LogP) is 4.74. The highest BCUT2D eigenvalue weighted by Gasteiger charge is 2.30. The van der Waals surface area contributed by atoms with Crippen molar-refractivity contribution in [3.05, 3.63) is 101 Å². The van der Waals surface area contributed by atoms with Crippen LogP contribution in [0.4, 0.5) is 0 Å². The molecule has 0 spiro atoms. The molecule has 5 rings (SSSR count). The van der Waals surface area contributed by atoms with Gasteiger partial charge in [0.05, 0.1) is 6.04 Å². The molecule has 3 heterocycles. The Morgan fingerprint density at radius 1 is 0.700 bits per heavy atom. The van der Waals surface area contributed by atoms with E-state index in [0.717, 1.165) is 25.9 Å². The molecule has 1 saturated heterocycles. The number of hydrogen-bond donors (Lipinski definition) is 0. The molecule has 0 saturated carbocycles. The van der Waals surface area contributed by atoms with E-state index in [0.29, 0.717) is 12.1 Å². The molecule has 0 bridgehead atoms. The van der Waals surface area contributed by atoms with Crippen LogP contribution < -0.4 is 0 Å². The molecule has 2 aliphatic rings. The van der Waals surface area contributed by atoms with Crippen molar-refractivity contribution in [1.82, 2.24) is 14.8 Å². The van der Waals surface area contributed by atoms with Gasteiger partial charge in [0.15, 0.2) is 0 Å². The minimum absolute atomic E-state index is 0.354. The number of hydrogen-bond acceptors (Lipinski definition) is 3. The second-order valence-electron chi connectivity index (χ2n) is 8.67. The van der Waals surface area contributed by atoms with E-state index in [9.17, 15) is 0 Å². The first-order valence-corrected chi connectivity index (χ1v) is 11.4. The smallest absolute Gasteiger partial charge is 0.0601 e. The largest absolute Gasteiger partial charge is 0.300 e. The maximum Gasteiger partial charge on any atom is 0.0601 e. The molecule has 1 aromatic heterocycles. The Labute approximate surface area is 180 Å². The average molecular weight is 398 g/mol. The zero-order chi connectivity index (χ0) is 20.2. The Morgan fingerprint density at radius 2 is 1.30 bits per heavy atom. The van der Waals surface area contributed by atoms with Crippen molar-refractivity contribution in [3.8, 4) is 0 Å². The van der Waals surface area contributed by atoms with E-state index in [1.54, 1.807) is 0 Å². The number of rotatable bonds is 4. The highest BCUT2D eigenvalue weighted by Crippen LogP contribution is 2.32. The van der Waals surface area contributed by atoms with E-state index in [-0.39, 0.29) is 0 Å². The molecule has 0 atom stereocenters. The van der Waals surface area contributed by atoms with Gasteiger partial charge in [0.25, 0.3) is 0 Å². The molecule has 0 unspecified atom stereocenters. The van der Waals surface area contributed by atoms with Crippen molar-refractivity contribution in [3.63, 3.8) is 0 Å². The lowest BCUT2D eigenvalue weighted by molar-refractivity contribution is 0.0953. The maximum atomic E-state index is 4.34. The van der Waals surface area contributed by atoms with E-state index in [1.807, 2.05) is 6.20 Å². The fraction of sp³-hybridized carbons (Fsp3) is 0.370. The van der Waals surface area contributed by atoms with Crippen molar-refractivity contribution >= 4 is 0 Å². The molecule has 0 amide bonds. The number of likely N-dealkylation sites (tertiary alicyclic amines) is 1. The van der Waals surface area contributed by atoms with Crippen LogP contribution in [0.1, 0.15) is 41.1 Å². The van der Waals surface area contributed by atoms with E-state index in [2.05, 4.69) is 87.7 Å². The van der Waals surface area contributed by atoms with Gasteiger partial charge >= 0.3 is 0 Å². The molecule has 154 valence electrons. The van der Waals surface area contributed by atoms with Crippen LogP contribution in [-0.4, -0.2) is 47.0 Å². The van der Waals surface area contributed by atoms with Crippen LogP contribution in [0.15, 0.2) is 79.1 Å². The first-order valence-electron chi connectivity index (χ1n) is 11.4. The Balaban J connectivity index is 1.27. The second-order valence-corrected chi connectivity index (χ2v) is 8.67. The second kappa shape index (κ2) is 9.11. The SMILES string of the molecule is c1ccc(C(c2ccccc2)N2CCC(N3CCc4ccncc4CC3)CC2)cc1. The average Bonchev–Trinajstić information content (AvgIpc) is 3.04. The first kappa shape index (κ1) is 19.5. The van der Waals surface area contributed by atoms with Gasteiger partial charge in [0.1, 0.15) is 0 Å². The lowest BCUT2D eigenvalue weighted by Gasteiger charge is -2.41. The van der Waals surface area contributed by atoms with Crippen molar-refractivity contribution < 1.29 is 0 Å². The van der Waals surface area contributed by atoms with Crippen LogP contribution in [0.3, 0.4) is 0 Å². The van der Waals surface area contributed by atoms with Crippen molar-refractivity contribution in [2.24, 2.45) is 0 Å². The fourth-order valence-electron chi connectivity index (χ4n) is 5.32. The summed E-state index contributed by atoms with van der Waals surface area (Å²) in [6, 6.07) is 25.3. The molecule has 1 fully saturated rings. The van der Waals surface area contributed by atoms with Gasteiger partial charge in [0.2, 0.25) is 0 Å². The van der Waals surface area contributed by atoms with Crippen LogP contribution in [0.5, 0.6) is 0 Å². The lowest BCUT2D eigenvalue weighted by atomic mass is 9.93. The molecular weight excluding hydrogens is 366 g/mol. The van der Waals surface area contributed by atoms with Gasteiger partial charge < -0.3 is 0 Å². The summed E-state index contributed by atoms with van der Waals surface area (Å²) >= 11 is 0. The number of piperidine rings is 1. The number of benzene rings is 2. The van der Waals surface area contributed by atoms with Crippen molar-refractivity contribution in [2.75, 3.05) is 26.2 Å². The van der Waals surface area contributed by atoms with E-state index < -0.39 is 0 Å². The minimum Gasteiger partial charge on any atom is -0.300 e. The summed E-state index contributed by atoms with van der Waals surface area (Å²) in [4.78, 5) is 9.78. The number of nitrogens with zero attached hydrogens (tertiary/aromatic N) is 3. The molecule has 3 heteroatoms. The summed E-state index contributed by atoms with van der Waals surface area (Å²) in [5.41, 5.74) is 5.75. The molecule has 3 aromatic rings. The zero-order valence-corrected chi connectivity index (χ0v) is 17.7. The summed E-state index contributed by atoms with van der Waals surface area (Å²) in [6.07, 6.45) is 8.83. The number of fused-ring (bicyclic) bond motifs is 1. The van der Waals surface area contributed by atoms with Crippen LogP contribution in [-0.2, 0) is 12.8 Å². The van der Waals surface area contributed by atoms with Gasteiger partial charge in [-0.2, -0.15) is 0 Å². The Bertz CT molecular complexity index is 866. The van der Waals surface area contributed by atoms with Gasteiger partial charge in [0, 0.05) is 44.6 Å². The topological polar surface area (TPSA) is 19.4 Å². The molecule has 0 aliphatic carbocycles. The van der Waals surface area contributed by atoms with Crippen LogP contribution >= 0.6 is 0 Å². The summed E-state index contributed by atoms with van der Waals surface area (Å²) in [5, 5.41) is 0. The molecule has 30 heavy (non-hydrogen) atoms. The summed E-state index contributed by atoms with van der Waals surface area (Å²) in [7, 11) is 0. The quantitative estimate of drug-likeness (QED) is 0.634. The monoisotopic (exact) mass is 397 g/mol. The Morgan fingerprint density at radius 3 is 1.93 bits per heavy atom. The molecule has 0 radical (unpaired) electrons. The van der Waals surface area contributed by atoms with Crippen molar-refractivity contribution in [2.45, 2.75) is 37.8 Å². The van der Waals surface area contributed by atoms with Gasteiger partial charge in [-0.15, -0.1) is 0 Å². The predicted molar refractivity (Wildman–Crippen MR) is 123 cm³/mol. The maximum absolute atomic E-state index is 4.34. The van der Waals surface area contributed by atoms with Crippen LogP contribution in [0.2, 0.25) is 0 Å². The number of aromatic nitrogens is 1. The Hall–Kier alpha value is -2.49. The summed E-state index contributed by atoms with van der Waals surface area (Å²) in [6.45, 7) is 4.67. The van der Waals surface area contributed by atoms with E-state index in [1.165, 1.54) is 48.2 Å². The zero-order valence-electron chi connectivity index (χ0n) is 17.7. The van der Waals surface area contributed by atoms with Crippen molar-refractivity contribution in [1.29, 1.82) is 0 Å². The van der Waals surface area contributed by atoms with Gasteiger partial charge in [-0.3, -0.25) is 14.8 Å². The third-order valence-corrected chi connectivity index (χ3v) is 6.95. The van der Waals surface area contributed by atoms with Gasteiger partial charge in [-0.25, -0.2) is 0 Å². The number of pyridine rings is 1. The lowest BCUT2D eigenvalue weighted by Crippen LogP contribution is -2.46. The highest BCUT2D eigenvalue weighted by molar-refractivity contribution is 5.32. The Kier molecular flexibility index (Phi) is 5.91. The van der Waals surface area contributed by atoms with Gasteiger partial charge in [-0.05, 0) is 54.0 Å². The standard InChI is InChI=1S/C27H31N3/c1-3-7-23(8-4-1)27(24-9-5-2-6-10-24)30-19-14-26(15-20-30)29-17-12-22-11-16-28-21-25(22)13-18-29/h1-11,16,21,26-27H,12-15,17-20H2. The normalized spacial score (nSPS) is 18.8. The van der Waals surface area contributed by atoms with E-state index in [4.69, 9.17) is 0 Å². The molecule has 2 aromatic carbocycles. The summed E-state index contributed by atoms with van der Waals surface area (Å²) in [5.74, 6) is 0. The third kappa shape index (κ3) is 4.19.